The minimum Gasteiger partial charge on any atom is -0.316 e. The molecule has 0 radical (unpaired) electrons. The van der Waals surface area contributed by atoms with Crippen LogP contribution in [0.4, 0.5) is 5.69 Å². The molecule has 2 aliphatic heterocycles. The number of aliphatic imine (C=N–C) groups is 1. The van der Waals surface area contributed by atoms with Crippen molar-refractivity contribution < 1.29 is 13.2 Å². The molecule has 120 valence electrons. The van der Waals surface area contributed by atoms with Crippen LogP contribution in [-0.4, -0.2) is 42.3 Å². The summed E-state index contributed by atoms with van der Waals surface area (Å²) in [4.78, 5) is 17.5. The molecule has 0 aliphatic carbocycles. The van der Waals surface area contributed by atoms with Crippen molar-refractivity contribution in [1.82, 2.24) is 0 Å². The highest BCUT2D eigenvalue weighted by Gasteiger charge is 2.49. The molecule has 0 unspecified atom stereocenters. The Bertz CT molecular complexity index is 815. The second-order valence-corrected chi connectivity index (χ2v) is 9.55. The first kappa shape index (κ1) is 16.5. The van der Waals surface area contributed by atoms with Crippen LogP contribution in [0.5, 0.6) is 0 Å². The number of rotatable bonds is 2. The molecule has 0 saturated carbocycles. The Hall–Kier alpha value is -1.37. The highest BCUT2D eigenvalue weighted by atomic mass is 79.9. The summed E-state index contributed by atoms with van der Waals surface area (Å²) < 4.78 is 24.7. The molecule has 1 aromatic carbocycles. The first-order chi connectivity index (χ1) is 10.9. The van der Waals surface area contributed by atoms with Gasteiger partial charge < -0.3 is 4.90 Å². The number of hydrogen-bond acceptors (Lipinski definition) is 5. The summed E-state index contributed by atoms with van der Waals surface area (Å²) >= 11 is 4.66. The number of nitrogens with zero attached hydrogens (tertiary/aromatic N) is 3. The molecule has 2 saturated heterocycles. The van der Waals surface area contributed by atoms with Crippen LogP contribution >= 0.6 is 27.7 Å². The van der Waals surface area contributed by atoms with Crippen molar-refractivity contribution >= 4 is 54.3 Å². The lowest BCUT2D eigenvalue weighted by Gasteiger charge is -2.24. The van der Waals surface area contributed by atoms with E-state index in [0.29, 0.717) is 5.17 Å². The lowest BCUT2D eigenvalue weighted by atomic mass is 10.2. The van der Waals surface area contributed by atoms with Gasteiger partial charge in [-0.25, -0.2) is 8.42 Å². The SMILES string of the molecule is N#CCC(=O)N=C1S[C@@H]2CS(=O)(=O)C[C@H]2N1c1ccc(Br)cc1. The van der Waals surface area contributed by atoms with Gasteiger partial charge in [0.2, 0.25) is 0 Å². The maximum absolute atomic E-state index is 11.9. The highest BCUT2D eigenvalue weighted by Crippen LogP contribution is 2.41. The van der Waals surface area contributed by atoms with Crippen LogP contribution in [0.2, 0.25) is 0 Å². The minimum atomic E-state index is -3.08. The Labute approximate surface area is 146 Å². The number of fused-ring (bicyclic) bond motifs is 1. The monoisotopic (exact) mass is 413 g/mol. The molecule has 0 aromatic heterocycles. The van der Waals surface area contributed by atoms with Crippen molar-refractivity contribution in [1.29, 1.82) is 5.26 Å². The topological polar surface area (TPSA) is 90.6 Å². The molecular weight excluding hydrogens is 402 g/mol. The lowest BCUT2D eigenvalue weighted by Crippen LogP contribution is -2.37. The van der Waals surface area contributed by atoms with Crippen molar-refractivity contribution in [3.05, 3.63) is 28.7 Å². The van der Waals surface area contributed by atoms with E-state index >= 15 is 0 Å². The molecule has 2 heterocycles. The number of sulfone groups is 1. The Kier molecular flexibility index (Phi) is 4.49. The third-order valence-corrected chi connectivity index (χ3v) is 7.36. The summed E-state index contributed by atoms with van der Waals surface area (Å²) in [5.41, 5.74) is 0.786. The molecular formula is C14H12BrN3O3S2. The van der Waals surface area contributed by atoms with Gasteiger partial charge in [0.25, 0.3) is 5.91 Å². The molecule has 2 fully saturated rings. The first-order valence-corrected chi connectivity index (χ1v) is 10.3. The molecule has 3 rings (SSSR count). The number of halogens is 1. The van der Waals surface area contributed by atoms with Crippen LogP contribution in [0.3, 0.4) is 0 Å². The van der Waals surface area contributed by atoms with Crippen LogP contribution in [0.1, 0.15) is 6.42 Å². The van der Waals surface area contributed by atoms with Crippen molar-refractivity contribution in [3.8, 4) is 6.07 Å². The number of hydrogen-bond donors (Lipinski definition) is 0. The summed E-state index contributed by atoms with van der Waals surface area (Å²) in [5, 5.41) is 8.94. The quantitative estimate of drug-likeness (QED) is 0.735. The van der Waals surface area contributed by atoms with Gasteiger partial charge >= 0.3 is 0 Å². The average molecular weight is 414 g/mol. The zero-order valence-corrected chi connectivity index (χ0v) is 15.1. The van der Waals surface area contributed by atoms with E-state index in [1.807, 2.05) is 29.2 Å². The second kappa shape index (κ2) is 6.26. The van der Waals surface area contributed by atoms with E-state index in [-0.39, 0.29) is 29.2 Å². The van der Waals surface area contributed by atoms with E-state index in [0.717, 1.165) is 10.2 Å². The first-order valence-electron chi connectivity index (χ1n) is 6.80. The van der Waals surface area contributed by atoms with Crippen LogP contribution in [-0.2, 0) is 14.6 Å². The Balaban J connectivity index is 1.99. The van der Waals surface area contributed by atoms with E-state index in [1.54, 1.807) is 6.07 Å². The average Bonchev–Trinajstić information content (AvgIpc) is 2.91. The Morgan fingerprint density at radius 1 is 1.39 bits per heavy atom. The predicted molar refractivity (Wildman–Crippen MR) is 93.1 cm³/mol. The van der Waals surface area contributed by atoms with E-state index in [4.69, 9.17) is 5.26 Å². The molecule has 23 heavy (non-hydrogen) atoms. The standard InChI is InChI=1S/C14H12BrN3O3S2/c15-9-1-3-10(4-2-9)18-11-7-23(20,21)8-12(11)22-14(18)17-13(19)5-6-16/h1-4,11-12H,5,7-8H2/t11-,12-/m1/s1. The number of nitriles is 1. The van der Waals surface area contributed by atoms with Crippen molar-refractivity contribution in [2.45, 2.75) is 17.7 Å². The molecule has 0 bridgehead atoms. The van der Waals surface area contributed by atoms with Crippen LogP contribution < -0.4 is 4.90 Å². The molecule has 9 heteroatoms. The highest BCUT2D eigenvalue weighted by molar-refractivity contribution is 9.10. The number of carbonyl (C=O) groups excluding carboxylic acids is 1. The van der Waals surface area contributed by atoms with Crippen LogP contribution in [0.15, 0.2) is 33.7 Å². The molecule has 0 spiro atoms. The molecule has 6 nitrogen and oxygen atoms in total. The number of amides is 1. The summed E-state index contributed by atoms with van der Waals surface area (Å²) in [6.07, 6.45) is -0.286. The summed E-state index contributed by atoms with van der Waals surface area (Å²) in [7, 11) is -3.08. The van der Waals surface area contributed by atoms with Gasteiger partial charge in [0.15, 0.2) is 15.0 Å². The van der Waals surface area contributed by atoms with E-state index in [1.165, 1.54) is 11.8 Å². The van der Waals surface area contributed by atoms with Gasteiger partial charge in [0, 0.05) is 15.4 Å². The fourth-order valence-electron chi connectivity index (χ4n) is 2.68. The Morgan fingerprint density at radius 2 is 2.09 bits per heavy atom. The number of carbonyl (C=O) groups is 1. The van der Waals surface area contributed by atoms with Crippen molar-refractivity contribution in [2.75, 3.05) is 16.4 Å². The van der Waals surface area contributed by atoms with Gasteiger partial charge in [-0.1, -0.05) is 27.7 Å². The van der Waals surface area contributed by atoms with Crippen molar-refractivity contribution in [3.63, 3.8) is 0 Å². The maximum Gasteiger partial charge on any atom is 0.262 e. The maximum atomic E-state index is 11.9. The fourth-order valence-corrected chi connectivity index (χ4v) is 6.88. The van der Waals surface area contributed by atoms with E-state index in [2.05, 4.69) is 20.9 Å². The molecule has 1 aromatic rings. The third-order valence-electron chi connectivity index (χ3n) is 3.62. The van der Waals surface area contributed by atoms with Crippen LogP contribution in [0, 0.1) is 11.3 Å². The molecule has 2 aliphatic rings. The molecule has 0 N–H and O–H groups in total. The van der Waals surface area contributed by atoms with Gasteiger partial charge in [-0.3, -0.25) is 4.79 Å². The van der Waals surface area contributed by atoms with Crippen LogP contribution in [0.25, 0.3) is 0 Å². The zero-order valence-electron chi connectivity index (χ0n) is 11.8. The summed E-state index contributed by atoms with van der Waals surface area (Å²) in [6.45, 7) is 0. The summed E-state index contributed by atoms with van der Waals surface area (Å²) in [5.74, 6) is -0.382. The normalized spacial score (nSPS) is 27.0. The van der Waals surface area contributed by atoms with Gasteiger partial charge in [-0.05, 0) is 24.3 Å². The second-order valence-electron chi connectivity index (χ2n) is 5.27. The smallest absolute Gasteiger partial charge is 0.262 e. The van der Waals surface area contributed by atoms with E-state index in [9.17, 15) is 13.2 Å². The number of amidine groups is 1. The molecule has 1 amide bonds. The summed E-state index contributed by atoms with van der Waals surface area (Å²) in [6, 6.07) is 8.95. The number of benzene rings is 1. The van der Waals surface area contributed by atoms with Gasteiger partial charge in [0.05, 0.1) is 23.6 Å². The van der Waals surface area contributed by atoms with Crippen molar-refractivity contribution in [2.24, 2.45) is 4.99 Å². The number of anilines is 1. The largest absolute Gasteiger partial charge is 0.316 e. The zero-order chi connectivity index (χ0) is 16.6. The lowest BCUT2D eigenvalue weighted by molar-refractivity contribution is -0.116. The van der Waals surface area contributed by atoms with Gasteiger partial charge in [-0.15, -0.1) is 0 Å². The predicted octanol–water partition coefficient (Wildman–Crippen LogP) is 1.96. The third kappa shape index (κ3) is 3.44. The van der Waals surface area contributed by atoms with E-state index < -0.39 is 15.7 Å². The Morgan fingerprint density at radius 3 is 2.74 bits per heavy atom. The fraction of sp³-hybridized carbons (Fsp3) is 0.357. The number of thioether (sulfide) groups is 1. The van der Waals surface area contributed by atoms with Gasteiger partial charge in [-0.2, -0.15) is 10.3 Å². The minimum absolute atomic E-state index is 0.0478. The molecule has 2 atom stereocenters. The van der Waals surface area contributed by atoms with Gasteiger partial charge in [0.1, 0.15) is 6.42 Å².